The SMILES string of the molecule is CN(C)C/C=C/C(=O)NCc1cccc(COC2CCOC2)n1. The number of likely N-dealkylation sites (N-methyl/N-ethyl adjacent to an activating group) is 1. The van der Waals surface area contributed by atoms with Crippen molar-refractivity contribution >= 4 is 5.91 Å². The van der Waals surface area contributed by atoms with Crippen LogP contribution in [0.3, 0.4) is 0 Å². The molecule has 0 radical (unpaired) electrons. The monoisotopic (exact) mass is 319 g/mol. The van der Waals surface area contributed by atoms with Crippen LogP contribution in [0.15, 0.2) is 30.4 Å². The number of hydrogen-bond donors (Lipinski definition) is 1. The number of ether oxygens (including phenoxy) is 2. The van der Waals surface area contributed by atoms with Crippen molar-refractivity contribution in [1.29, 1.82) is 0 Å². The van der Waals surface area contributed by atoms with E-state index in [1.807, 2.05) is 43.3 Å². The molecule has 0 saturated carbocycles. The highest BCUT2D eigenvalue weighted by atomic mass is 16.5. The lowest BCUT2D eigenvalue weighted by Crippen LogP contribution is -2.22. The minimum absolute atomic E-state index is 0.113. The number of hydrogen-bond acceptors (Lipinski definition) is 5. The minimum Gasteiger partial charge on any atom is -0.379 e. The van der Waals surface area contributed by atoms with Crippen LogP contribution >= 0.6 is 0 Å². The van der Waals surface area contributed by atoms with Gasteiger partial charge in [0, 0.05) is 19.2 Å². The molecule has 1 amide bonds. The largest absolute Gasteiger partial charge is 0.379 e. The summed E-state index contributed by atoms with van der Waals surface area (Å²) in [5.41, 5.74) is 1.69. The Morgan fingerprint density at radius 3 is 3.04 bits per heavy atom. The Bertz CT molecular complexity index is 526. The van der Waals surface area contributed by atoms with Gasteiger partial charge in [0.2, 0.25) is 5.91 Å². The molecule has 2 heterocycles. The molecule has 1 aromatic rings. The lowest BCUT2D eigenvalue weighted by atomic mass is 10.3. The summed E-state index contributed by atoms with van der Waals surface area (Å²) >= 11 is 0. The van der Waals surface area contributed by atoms with Crippen molar-refractivity contribution < 1.29 is 14.3 Å². The number of nitrogens with zero attached hydrogens (tertiary/aromatic N) is 2. The first kappa shape index (κ1) is 17.6. The normalized spacial score (nSPS) is 18.0. The van der Waals surface area contributed by atoms with Crippen LogP contribution in [-0.2, 0) is 27.4 Å². The number of rotatable bonds is 8. The van der Waals surface area contributed by atoms with E-state index in [0.29, 0.717) is 19.8 Å². The fraction of sp³-hybridized carbons (Fsp3) is 0.529. The first-order valence-corrected chi connectivity index (χ1v) is 7.87. The molecule has 1 saturated heterocycles. The summed E-state index contributed by atoms with van der Waals surface area (Å²) < 4.78 is 11.0. The fourth-order valence-corrected chi connectivity index (χ4v) is 2.16. The predicted molar refractivity (Wildman–Crippen MR) is 87.8 cm³/mol. The molecule has 1 aliphatic rings. The molecule has 1 aliphatic heterocycles. The molecule has 1 fully saturated rings. The molecule has 0 spiro atoms. The topological polar surface area (TPSA) is 63.7 Å². The zero-order valence-electron chi connectivity index (χ0n) is 13.8. The van der Waals surface area contributed by atoms with E-state index in [1.54, 1.807) is 6.08 Å². The van der Waals surface area contributed by atoms with Gasteiger partial charge in [0.05, 0.1) is 37.3 Å². The Kier molecular flexibility index (Phi) is 7.19. The van der Waals surface area contributed by atoms with E-state index in [-0.39, 0.29) is 12.0 Å². The van der Waals surface area contributed by atoms with E-state index in [4.69, 9.17) is 9.47 Å². The van der Waals surface area contributed by atoms with Crippen molar-refractivity contribution in [3.05, 3.63) is 41.7 Å². The molecule has 1 atom stereocenters. The highest BCUT2D eigenvalue weighted by molar-refractivity contribution is 5.87. The molecular weight excluding hydrogens is 294 g/mol. The van der Waals surface area contributed by atoms with Gasteiger partial charge >= 0.3 is 0 Å². The summed E-state index contributed by atoms with van der Waals surface area (Å²) in [6.07, 6.45) is 4.49. The first-order valence-electron chi connectivity index (χ1n) is 7.87. The lowest BCUT2D eigenvalue weighted by molar-refractivity contribution is -0.116. The number of aromatic nitrogens is 1. The first-order chi connectivity index (χ1) is 11.1. The van der Waals surface area contributed by atoms with Crippen molar-refractivity contribution in [2.24, 2.45) is 0 Å². The van der Waals surface area contributed by atoms with Gasteiger partial charge in [-0.05, 0) is 32.6 Å². The quantitative estimate of drug-likeness (QED) is 0.728. The van der Waals surface area contributed by atoms with E-state index in [2.05, 4.69) is 10.3 Å². The van der Waals surface area contributed by atoms with Gasteiger partial charge in [-0.3, -0.25) is 9.78 Å². The van der Waals surface area contributed by atoms with Crippen molar-refractivity contribution in [2.45, 2.75) is 25.7 Å². The maximum Gasteiger partial charge on any atom is 0.244 e. The fourth-order valence-electron chi connectivity index (χ4n) is 2.16. The average Bonchev–Trinajstić information content (AvgIpc) is 3.04. The van der Waals surface area contributed by atoms with Crippen molar-refractivity contribution in [1.82, 2.24) is 15.2 Å². The molecule has 0 aromatic carbocycles. The predicted octanol–water partition coefficient (Wildman–Crippen LogP) is 1.12. The van der Waals surface area contributed by atoms with Crippen LogP contribution < -0.4 is 5.32 Å². The van der Waals surface area contributed by atoms with Crippen molar-refractivity contribution in [2.75, 3.05) is 33.9 Å². The van der Waals surface area contributed by atoms with Crippen LogP contribution in [0.4, 0.5) is 0 Å². The number of carbonyl (C=O) groups excluding carboxylic acids is 1. The molecule has 126 valence electrons. The van der Waals surface area contributed by atoms with Gasteiger partial charge in [0.15, 0.2) is 0 Å². The molecule has 23 heavy (non-hydrogen) atoms. The molecule has 2 rings (SSSR count). The van der Waals surface area contributed by atoms with Crippen LogP contribution in [0.2, 0.25) is 0 Å². The highest BCUT2D eigenvalue weighted by Gasteiger charge is 2.16. The van der Waals surface area contributed by atoms with E-state index < -0.39 is 0 Å². The number of carbonyl (C=O) groups is 1. The maximum absolute atomic E-state index is 11.7. The molecular formula is C17H25N3O3. The molecule has 1 unspecified atom stereocenters. The summed E-state index contributed by atoms with van der Waals surface area (Å²) in [6, 6.07) is 5.75. The van der Waals surface area contributed by atoms with Gasteiger partial charge < -0.3 is 19.7 Å². The molecule has 6 heteroatoms. The van der Waals surface area contributed by atoms with Gasteiger partial charge in [-0.2, -0.15) is 0 Å². The zero-order chi connectivity index (χ0) is 16.5. The second-order valence-electron chi connectivity index (χ2n) is 5.80. The number of amides is 1. The second-order valence-corrected chi connectivity index (χ2v) is 5.80. The van der Waals surface area contributed by atoms with Gasteiger partial charge in [-0.25, -0.2) is 0 Å². The van der Waals surface area contributed by atoms with Crippen LogP contribution in [0.1, 0.15) is 17.8 Å². The van der Waals surface area contributed by atoms with Crippen LogP contribution in [0.5, 0.6) is 0 Å². The van der Waals surface area contributed by atoms with Crippen molar-refractivity contribution in [3.63, 3.8) is 0 Å². The molecule has 1 aromatic heterocycles. The lowest BCUT2D eigenvalue weighted by Gasteiger charge is -2.10. The minimum atomic E-state index is -0.113. The van der Waals surface area contributed by atoms with Crippen LogP contribution in [0.25, 0.3) is 0 Å². The summed E-state index contributed by atoms with van der Waals surface area (Å²) in [7, 11) is 3.91. The maximum atomic E-state index is 11.7. The molecule has 6 nitrogen and oxygen atoms in total. The number of nitrogens with one attached hydrogen (secondary N) is 1. The summed E-state index contributed by atoms with van der Waals surface area (Å²) in [6.45, 7) is 3.05. The zero-order valence-corrected chi connectivity index (χ0v) is 13.8. The Hall–Kier alpha value is -1.76. The Balaban J connectivity index is 1.75. The highest BCUT2D eigenvalue weighted by Crippen LogP contribution is 2.11. The Morgan fingerprint density at radius 2 is 2.30 bits per heavy atom. The van der Waals surface area contributed by atoms with Crippen LogP contribution in [-0.4, -0.2) is 55.7 Å². The second kappa shape index (κ2) is 9.39. The number of pyridine rings is 1. The van der Waals surface area contributed by atoms with Gasteiger partial charge in [-0.1, -0.05) is 12.1 Å². The summed E-state index contributed by atoms with van der Waals surface area (Å²) in [5.74, 6) is -0.113. The third-order valence-electron chi connectivity index (χ3n) is 3.40. The van der Waals surface area contributed by atoms with E-state index in [0.717, 1.165) is 31.0 Å². The average molecular weight is 319 g/mol. The van der Waals surface area contributed by atoms with Gasteiger partial charge in [0.1, 0.15) is 0 Å². The van der Waals surface area contributed by atoms with Crippen molar-refractivity contribution in [3.8, 4) is 0 Å². The molecule has 1 N–H and O–H groups in total. The Morgan fingerprint density at radius 1 is 1.48 bits per heavy atom. The third kappa shape index (κ3) is 6.90. The third-order valence-corrected chi connectivity index (χ3v) is 3.40. The summed E-state index contributed by atoms with van der Waals surface area (Å²) in [4.78, 5) is 18.2. The standard InChI is InChI=1S/C17H25N3O3/c1-20(2)9-4-7-17(21)18-11-14-5-3-6-15(19-14)12-23-16-8-10-22-13-16/h3-7,16H,8-13H2,1-2H3,(H,18,21)/b7-4+. The molecule has 0 bridgehead atoms. The van der Waals surface area contributed by atoms with Gasteiger partial charge in [0.25, 0.3) is 0 Å². The Labute approximate surface area is 137 Å². The van der Waals surface area contributed by atoms with E-state index >= 15 is 0 Å². The molecule has 0 aliphatic carbocycles. The van der Waals surface area contributed by atoms with E-state index in [9.17, 15) is 4.79 Å². The smallest absolute Gasteiger partial charge is 0.244 e. The van der Waals surface area contributed by atoms with E-state index in [1.165, 1.54) is 0 Å². The van der Waals surface area contributed by atoms with Crippen LogP contribution in [0, 0.1) is 0 Å². The van der Waals surface area contributed by atoms with Gasteiger partial charge in [-0.15, -0.1) is 0 Å². The summed E-state index contributed by atoms with van der Waals surface area (Å²) in [5, 5.41) is 2.83.